The van der Waals surface area contributed by atoms with Crippen molar-refractivity contribution in [3.05, 3.63) is 29.6 Å². The fraction of sp³-hybridized carbons (Fsp3) is 0.615. The van der Waals surface area contributed by atoms with E-state index in [0.29, 0.717) is 5.54 Å². The molecule has 1 fully saturated rings. The topological polar surface area (TPSA) is 24.9 Å². The van der Waals surface area contributed by atoms with Gasteiger partial charge in [-0.1, -0.05) is 13.0 Å². The number of rotatable bonds is 4. The van der Waals surface area contributed by atoms with E-state index in [9.17, 15) is 0 Å². The number of nitrogens with zero attached hydrogens (tertiary/aromatic N) is 1. The summed E-state index contributed by atoms with van der Waals surface area (Å²) in [7, 11) is 0. The molecule has 1 saturated carbocycles. The zero-order valence-electron chi connectivity index (χ0n) is 9.71. The number of hydrogen-bond donors (Lipinski definition) is 1. The molecule has 1 aromatic rings. The highest BCUT2D eigenvalue weighted by atomic mass is 15.0. The van der Waals surface area contributed by atoms with E-state index in [1.54, 1.807) is 0 Å². The first-order valence-electron chi connectivity index (χ1n) is 5.92. The molecule has 0 unspecified atom stereocenters. The molecule has 0 atom stereocenters. The van der Waals surface area contributed by atoms with Crippen LogP contribution in [0.5, 0.6) is 0 Å². The van der Waals surface area contributed by atoms with E-state index >= 15 is 0 Å². The van der Waals surface area contributed by atoms with Gasteiger partial charge in [-0.3, -0.25) is 4.98 Å². The Labute approximate surface area is 92.1 Å². The molecule has 2 nitrogen and oxygen atoms in total. The SMILES string of the molecule is CCC1(NCc2cccc(C)n2)CCC1. The van der Waals surface area contributed by atoms with Crippen LogP contribution in [0.4, 0.5) is 0 Å². The number of aryl methyl sites for hydroxylation is 1. The van der Waals surface area contributed by atoms with Gasteiger partial charge in [-0.15, -0.1) is 0 Å². The summed E-state index contributed by atoms with van der Waals surface area (Å²) in [5.41, 5.74) is 2.69. The van der Waals surface area contributed by atoms with Crippen LogP contribution in [0.1, 0.15) is 44.0 Å². The summed E-state index contributed by atoms with van der Waals surface area (Å²) in [6, 6.07) is 6.23. The minimum atomic E-state index is 0.422. The van der Waals surface area contributed by atoms with Crippen molar-refractivity contribution in [2.24, 2.45) is 0 Å². The Balaban J connectivity index is 1.92. The van der Waals surface area contributed by atoms with Crippen molar-refractivity contribution in [2.45, 2.75) is 51.6 Å². The molecule has 1 aliphatic rings. The lowest BCUT2D eigenvalue weighted by atomic mass is 9.75. The maximum Gasteiger partial charge on any atom is 0.0545 e. The molecular formula is C13H20N2. The van der Waals surface area contributed by atoms with Crippen LogP contribution in [-0.4, -0.2) is 10.5 Å². The molecule has 0 aromatic carbocycles. The second-order valence-corrected chi connectivity index (χ2v) is 4.61. The fourth-order valence-electron chi connectivity index (χ4n) is 2.23. The van der Waals surface area contributed by atoms with Crippen LogP contribution in [0, 0.1) is 6.92 Å². The van der Waals surface area contributed by atoms with Crippen LogP contribution < -0.4 is 5.32 Å². The Morgan fingerprint density at radius 3 is 2.73 bits per heavy atom. The van der Waals surface area contributed by atoms with Gasteiger partial charge < -0.3 is 5.32 Å². The molecule has 0 aliphatic heterocycles. The number of nitrogens with one attached hydrogen (secondary N) is 1. The number of pyridine rings is 1. The second-order valence-electron chi connectivity index (χ2n) is 4.61. The first-order chi connectivity index (χ1) is 7.24. The van der Waals surface area contributed by atoms with Crippen LogP contribution in [0.2, 0.25) is 0 Å². The van der Waals surface area contributed by atoms with Crippen LogP contribution in [0.3, 0.4) is 0 Å². The fourth-order valence-corrected chi connectivity index (χ4v) is 2.23. The number of hydrogen-bond acceptors (Lipinski definition) is 2. The Bertz CT molecular complexity index is 324. The third kappa shape index (κ3) is 2.37. The van der Waals surface area contributed by atoms with Crippen molar-refractivity contribution >= 4 is 0 Å². The average Bonchev–Trinajstić information content (AvgIpc) is 2.17. The van der Waals surface area contributed by atoms with Crippen molar-refractivity contribution in [1.82, 2.24) is 10.3 Å². The van der Waals surface area contributed by atoms with Crippen LogP contribution >= 0.6 is 0 Å². The molecule has 1 N–H and O–H groups in total. The lowest BCUT2D eigenvalue weighted by Gasteiger charge is -2.42. The van der Waals surface area contributed by atoms with Gasteiger partial charge in [0.05, 0.1) is 5.69 Å². The molecule has 1 heterocycles. The molecule has 82 valence electrons. The predicted octanol–water partition coefficient (Wildman–Crippen LogP) is 2.81. The highest BCUT2D eigenvalue weighted by Crippen LogP contribution is 2.34. The first-order valence-corrected chi connectivity index (χ1v) is 5.92. The van der Waals surface area contributed by atoms with Crippen molar-refractivity contribution < 1.29 is 0 Å². The first kappa shape index (κ1) is 10.6. The summed E-state index contributed by atoms with van der Waals surface area (Å²) in [6.07, 6.45) is 5.27. The monoisotopic (exact) mass is 204 g/mol. The van der Waals surface area contributed by atoms with Crippen LogP contribution in [0.15, 0.2) is 18.2 Å². The standard InChI is InChI=1S/C13H20N2/c1-3-13(8-5-9-13)14-10-12-7-4-6-11(2)15-12/h4,6-7,14H,3,5,8-10H2,1-2H3. The summed E-state index contributed by atoms with van der Waals surface area (Å²) in [5, 5.41) is 3.66. The smallest absolute Gasteiger partial charge is 0.0545 e. The van der Waals surface area contributed by atoms with Gasteiger partial charge in [0, 0.05) is 17.8 Å². The van der Waals surface area contributed by atoms with Gasteiger partial charge in [-0.05, 0) is 44.7 Å². The van der Waals surface area contributed by atoms with E-state index in [-0.39, 0.29) is 0 Å². The normalized spacial score (nSPS) is 18.5. The van der Waals surface area contributed by atoms with E-state index in [4.69, 9.17) is 0 Å². The van der Waals surface area contributed by atoms with Gasteiger partial charge in [0.25, 0.3) is 0 Å². The summed E-state index contributed by atoms with van der Waals surface area (Å²) >= 11 is 0. The van der Waals surface area contributed by atoms with Crippen molar-refractivity contribution in [3.8, 4) is 0 Å². The Morgan fingerprint density at radius 1 is 1.40 bits per heavy atom. The molecule has 1 aromatic heterocycles. The number of aromatic nitrogens is 1. The maximum absolute atomic E-state index is 4.51. The second kappa shape index (κ2) is 4.31. The largest absolute Gasteiger partial charge is 0.306 e. The highest BCUT2D eigenvalue weighted by molar-refractivity contribution is 5.10. The molecule has 0 amide bonds. The Morgan fingerprint density at radius 2 is 2.20 bits per heavy atom. The quantitative estimate of drug-likeness (QED) is 0.815. The van der Waals surface area contributed by atoms with Crippen molar-refractivity contribution in [1.29, 1.82) is 0 Å². The van der Waals surface area contributed by atoms with Gasteiger partial charge in [-0.25, -0.2) is 0 Å². The summed E-state index contributed by atoms with van der Waals surface area (Å²) < 4.78 is 0. The van der Waals surface area contributed by atoms with Crippen LogP contribution in [0.25, 0.3) is 0 Å². The molecule has 0 spiro atoms. The van der Waals surface area contributed by atoms with Gasteiger partial charge in [0.1, 0.15) is 0 Å². The molecule has 2 heteroatoms. The molecule has 15 heavy (non-hydrogen) atoms. The zero-order valence-corrected chi connectivity index (χ0v) is 9.71. The van der Waals surface area contributed by atoms with Gasteiger partial charge in [0.2, 0.25) is 0 Å². The molecular weight excluding hydrogens is 184 g/mol. The van der Waals surface area contributed by atoms with Gasteiger partial charge in [0.15, 0.2) is 0 Å². The third-order valence-electron chi connectivity index (χ3n) is 3.58. The van der Waals surface area contributed by atoms with Crippen molar-refractivity contribution in [2.75, 3.05) is 0 Å². The zero-order chi connectivity index (χ0) is 10.7. The van der Waals surface area contributed by atoms with E-state index < -0.39 is 0 Å². The minimum Gasteiger partial charge on any atom is -0.306 e. The van der Waals surface area contributed by atoms with Crippen molar-refractivity contribution in [3.63, 3.8) is 0 Å². The molecule has 0 bridgehead atoms. The lowest BCUT2D eigenvalue weighted by Crippen LogP contribution is -2.49. The molecule has 0 radical (unpaired) electrons. The lowest BCUT2D eigenvalue weighted by molar-refractivity contribution is 0.175. The van der Waals surface area contributed by atoms with Crippen LogP contribution in [-0.2, 0) is 6.54 Å². The molecule has 1 aliphatic carbocycles. The Kier molecular flexibility index (Phi) is 3.06. The Hall–Kier alpha value is -0.890. The predicted molar refractivity (Wildman–Crippen MR) is 62.7 cm³/mol. The third-order valence-corrected chi connectivity index (χ3v) is 3.58. The average molecular weight is 204 g/mol. The summed E-state index contributed by atoms with van der Waals surface area (Å²) in [4.78, 5) is 4.51. The summed E-state index contributed by atoms with van der Waals surface area (Å²) in [5.74, 6) is 0. The van der Waals surface area contributed by atoms with Gasteiger partial charge >= 0.3 is 0 Å². The van der Waals surface area contributed by atoms with E-state index in [2.05, 4.69) is 29.4 Å². The van der Waals surface area contributed by atoms with Gasteiger partial charge in [-0.2, -0.15) is 0 Å². The highest BCUT2D eigenvalue weighted by Gasteiger charge is 2.34. The minimum absolute atomic E-state index is 0.422. The molecule has 0 saturated heterocycles. The maximum atomic E-state index is 4.51. The molecule has 2 rings (SSSR count). The summed E-state index contributed by atoms with van der Waals surface area (Å²) in [6.45, 7) is 5.23. The van der Waals surface area contributed by atoms with E-state index in [0.717, 1.165) is 17.9 Å². The van der Waals surface area contributed by atoms with E-state index in [1.165, 1.54) is 25.7 Å². The van der Waals surface area contributed by atoms with E-state index in [1.807, 2.05) is 13.0 Å².